The van der Waals surface area contributed by atoms with Crippen LogP contribution in [0.1, 0.15) is 293 Å². The van der Waals surface area contributed by atoms with Crippen LogP contribution in [0.25, 0.3) is 44.5 Å². The molecule has 4 aliphatic rings. The Balaban J connectivity index is 0.822. The standard InChI is InChI=1S/C138H136N2/c1-5-9-13-17-21-25-53-101-81-89-105(90-82-101)135(119-65-37-29-57-111(119)112-58-30-38-66-120(112)135)127-73-45-49-77-131(127)139(132-78-50-46-74-128(132)136(106-91-83-102(84-92-106)54-26-22-18-14-10-6-2)121-67-39-31-59-113(121)114-60-32-40-68-122(114)136)109-97-99-110(100-98-109)140(133-79-51-47-75-129(133)137(107-93-85-103(86-94-107)55-27-23-19-15-11-7-3)123-69-41-33-61-115(123)116-62-34-42-70-124(116)137)134-80-52-48-76-130(134)138(108-95-87-104(88-96-108)56-28-24-20-16-12-8-4)125-71-43-35-63-117(125)118-64-36-44-72-126(118)138/h29-52,57-100H,5-28,53-56H2,1-4H3. The molecule has 4 aliphatic carbocycles. The van der Waals surface area contributed by atoms with Gasteiger partial charge in [0.2, 0.25) is 0 Å². The van der Waals surface area contributed by atoms with Crippen LogP contribution in [0.3, 0.4) is 0 Å². The van der Waals surface area contributed by atoms with E-state index in [2.05, 4.69) is 450 Å². The Morgan fingerprint density at radius 2 is 0.293 bits per heavy atom. The molecule has 0 aromatic heterocycles. The largest absolute Gasteiger partial charge is 0.310 e. The van der Waals surface area contributed by atoms with Gasteiger partial charge in [-0.3, -0.25) is 0 Å². The van der Waals surface area contributed by atoms with Gasteiger partial charge in [0.05, 0.1) is 44.4 Å². The number of hydrogen-bond donors (Lipinski definition) is 0. The number of para-hydroxylation sites is 4. The first kappa shape index (κ1) is 92.7. The summed E-state index contributed by atoms with van der Waals surface area (Å²) in [5.41, 5.74) is 39.1. The van der Waals surface area contributed by atoms with Crippen molar-refractivity contribution < 1.29 is 0 Å². The van der Waals surface area contributed by atoms with Crippen molar-refractivity contribution in [1.29, 1.82) is 0 Å². The number of hydrogen-bond acceptors (Lipinski definition) is 2. The quantitative estimate of drug-likeness (QED) is 0.0352. The van der Waals surface area contributed by atoms with Crippen LogP contribution in [0.15, 0.2) is 413 Å². The third-order valence-corrected chi connectivity index (χ3v) is 32.2. The van der Waals surface area contributed by atoms with Crippen LogP contribution in [0, 0.1) is 0 Å². The van der Waals surface area contributed by atoms with Gasteiger partial charge in [-0.25, -0.2) is 0 Å². The molecule has 0 radical (unpaired) electrons. The molecular formula is C138H136N2. The Bertz CT molecular complexity index is 6110. The van der Waals surface area contributed by atoms with Gasteiger partial charge in [-0.1, -0.05) is 520 Å². The zero-order valence-corrected chi connectivity index (χ0v) is 83.0. The number of aryl methyl sites for hydroxylation is 4. The van der Waals surface area contributed by atoms with Gasteiger partial charge in [0, 0.05) is 11.4 Å². The van der Waals surface area contributed by atoms with Crippen LogP contribution >= 0.6 is 0 Å². The first-order chi connectivity index (χ1) is 69.4. The maximum absolute atomic E-state index is 2.71. The number of benzene rings is 17. The molecule has 0 fully saturated rings. The van der Waals surface area contributed by atoms with Crippen molar-refractivity contribution in [2.24, 2.45) is 0 Å². The number of nitrogens with zero attached hydrogens (tertiary/aromatic N) is 2. The Morgan fingerprint density at radius 1 is 0.143 bits per heavy atom. The molecule has 0 saturated heterocycles. The van der Waals surface area contributed by atoms with Crippen LogP contribution in [-0.4, -0.2) is 0 Å². The SMILES string of the molecule is CCCCCCCCc1ccc(C2(c3ccccc3N(c3ccc(N(c4ccccc4C4(c5ccc(CCCCCCCC)cc5)c5ccccc5-c5ccccc54)c4ccccc4C4(c5ccc(CCCCCCCC)cc5)c5ccccc5-c5ccccc54)cc3)c3ccccc3C3(c4ccc(CCCCCCCC)cc4)c4ccccc4-c4ccccc43)c3ccccc3-c3ccccc32)cc1. The highest BCUT2D eigenvalue weighted by Crippen LogP contribution is 2.66. The summed E-state index contributed by atoms with van der Waals surface area (Å²) in [7, 11) is 0. The van der Waals surface area contributed by atoms with E-state index in [1.54, 1.807) is 0 Å². The van der Waals surface area contributed by atoms with E-state index >= 15 is 0 Å². The summed E-state index contributed by atoms with van der Waals surface area (Å²) in [5, 5.41) is 0. The molecule has 0 bridgehead atoms. The number of rotatable bonds is 42. The summed E-state index contributed by atoms with van der Waals surface area (Å²) in [4.78, 5) is 5.43. The van der Waals surface area contributed by atoms with Gasteiger partial charge in [0.15, 0.2) is 0 Å². The van der Waals surface area contributed by atoms with Crippen LogP contribution in [0.2, 0.25) is 0 Å². The fourth-order valence-electron chi connectivity index (χ4n) is 25.6. The predicted octanol–water partition coefficient (Wildman–Crippen LogP) is 37.7. The predicted molar refractivity (Wildman–Crippen MR) is 593 cm³/mol. The van der Waals surface area contributed by atoms with Crippen LogP contribution in [0.4, 0.5) is 34.1 Å². The second-order valence-electron chi connectivity index (χ2n) is 40.5. The minimum atomic E-state index is -0.792. The molecule has 0 N–H and O–H groups in total. The smallest absolute Gasteiger partial charge is 0.0733 e. The van der Waals surface area contributed by atoms with Crippen LogP contribution < -0.4 is 9.80 Å². The van der Waals surface area contributed by atoms with Gasteiger partial charge < -0.3 is 9.80 Å². The van der Waals surface area contributed by atoms with Crippen molar-refractivity contribution in [2.75, 3.05) is 9.80 Å². The van der Waals surface area contributed by atoms with Crippen LogP contribution in [-0.2, 0) is 47.3 Å². The Hall–Kier alpha value is -13.7. The second-order valence-corrected chi connectivity index (χ2v) is 40.5. The molecule has 17 aromatic carbocycles. The van der Waals surface area contributed by atoms with Crippen molar-refractivity contribution in [2.45, 2.75) is 229 Å². The van der Waals surface area contributed by atoms with E-state index in [-0.39, 0.29) is 0 Å². The van der Waals surface area contributed by atoms with Crippen molar-refractivity contribution >= 4 is 34.1 Å². The van der Waals surface area contributed by atoms with Gasteiger partial charge in [-0.2, -0.15) is 0 Å². The highest BCUT2D eigenvalue weighted by molar-refractivity contribution is 5.98. The van der Waals surface area contributed by atoms with E-state index in [9.17, 15) is 0 Å². The molecule has 21 rings (SSSR count). The minimum Gasteiger partial charge on any atom is -0.310 e. The summed E-state index contributed by atoms with van der Waals surface area (Å²) in [6, 6.07) is 163. The van der Waals surface area contributed by atoms with E-state index in [1.165, 1.54) is 310 Å². The molecule has 2 heteroatoms. The Kier molecular flexibility index (Phi) is 27.9. The van der Waals surface area contributed by atoms with Crippen LogP contribution in [0.5, 0.6) is 0 Å². The zero-order valence-electron chi connectivity index (χ0n) is 83.0. The summed E-state index contributed by atoms with van der Waals surface area (Å²) in [6.45, 7) is 9.27. The highest BCUT2D eigenvalue weighted by Gasteiger charge is 2.54. The van der Waals surface area contributed by atoms with E-state index < -0.39 is 21.7 Å². The lowest BCUT2D eigenvalue weighted by Crippen LogP contribution is -2.33. The highest BCUT2D eigenvalue weighted by atomic mass is 15.2. The lowest BCUT2D eigenvalue weighted by molar-refractivity contribution is 0.607. The van der Waals surface area contributed by atoms with Gasteiger partial charge in [-0.05, 0) is 256 Å². The van der Waals surface area contributed by atoms with Gasteiger partial charge in [0.1, 0.15) is 0 Å². The molecule has 2 nitrogen and oxygen atoms in total. The van der Waals surface area contributed by atoms with E-state index in [4.69, 9.17) is 0 Å². The summed E-state index contributed by atoms with van der Waals surface area (Å²) in [6.07, 6.45) is 34.5. The third kappa shape index (κ3) is 16.7. The van der Waals surface area contributed by atoms with Gasteiger partial charge in [0.25, 0.3) is 0 Å². The molecule has 698 valence electrons. The Morgan fingerprint density at radius 3 is 0.471 bits per heavy atom. The van der Waals surface area contributed by atoms with E-state index in [1.807, 2.05) is 0 Å². The maximum atomic E-state index is 2.71. The number of fused-ring (bicyclic) bond motifs is 12. The normalized spacial score (nSPS) is 13.7. The van der Waals surface area contributed by atoms with Crippen molar-refractivity contribution in [1.82, 2.24) is 0 Å². The lowest BCUT2D eigenvalue weighted by atomic mass is 9.66. The molecule has 17 aromatic rings. The summed E-state index contributed by atoms with van der Waals surface area (Å²) < 4.78 is 0. The molecule has 0 atom stereocenters. The topological polar surface area (TPSA) is 6.48 Å². The molecule has 0 spiro atoms. The third-order valence-electron chi connectivity index (χ3n) is 32.2. The maximum Gasteiger partial charge on any atom is 0.0733 e. The number of anilines is 6. The molecular weight excluding hydrogens is 1690 g/mol. The number of unbranched alkanes of at least 4 members (excludes halogenated alkanes) is 20. The Labute approximate surface area is 835 Å². The molecule has 0 amide bonds. The monoisotopic (exact) mass is 1820 g/mol. The van der Waals surface area contributed by atoms with Gasteiger partial charge >= 0.3 is 0 Å². The van der Waals surface area contributed by atoms with E-state index in [0.717, 1.165) is 59.8 Å². The summed E-state index contributed by atoms with van der Waals surface area (Å²) >= 11 is 0. The summed E-state index contributed by atoms with van der Waals surface area (Å²) in [5.74, 6) is 0. The average Bonchev–Trinajstić information content (AvgIpc) is 1.50. The lowest BCUT2D eigenvalue weighted by Gasteiger charge is -2.42. The van der Waals surface area contributed by atoms with Crippen molar-refractivity contribution in [3.8, 4) is 44.5 Å². The van der Waals surface area contributed by atoms with Gasteiger partial charge in [-0.15, -0.1) is 0 Å². The molecule has 0 saturated carbocycles. The molecule has 140 heavy (non-hydrogen) atoms. The fourth-order valence-corrected chi connectivity index (χ4v) is 25.6. The average molecular weight is 1820 g/mol. The van der Waals surface area contributed by atoms with E-state index in [0.29, 0.717) is 0 Å². The zero-order chi connectivity index (χ0) is 94.7. The molecule has 0 heterocycles. The van der Waals surface area contributed by atoms with Crippen molar-refractivity contribution in [3.05, 3.63) is 524 Å². The first-order valence-electron chi connectivity index (χ1n) is 53.6. The second kappa shape index (κ2) is 42.2. The fraction of sp³-hybridized carbons (Fsp3) is 0.261. The van der Waals surface area contributed by atoms with Crippen molar-refractivity contribution in [3.63, 3.8) is 0 Å². The first-order valence-corrected chi connectivity index (χ1v) is 53.6. The molecule has 0 unspecified atom stereocenters. The minimum absolute atomic E-state index is 0.792. The molecule has 0 aliphatic heterocycles.